The Morgan fingerprint density at radius 3 is 1.65 bits per heavy atom. The number of para-hydroxylation sites is 1. The van der Waals surface area contributed by atoms with Crippen LogP contribution < -0.4 is 11.1 Å². The first kappa shape index (κ1) is 32.9. The standard InChI is InChI=1S/C19H19BN2O2S.C18H17BN2O2S/c1-12-4-5-18-13(6-12)7-14(24-18)9-22-19(23)16-11-25-10-15(16)17(21-22)8-20(2)3;1-19(2)8-16-14-10-24-11-15(14)18(22)21(20-16)9-13-7-12-5-3-4-6-17(12)23-13/h4-7,10-11H,8-9H2,1-3H3;3-7,10-11H,8-9H2,1-2H3. The molecule has 0 radical (unpaired) electrons. The van der Waals surface area contributed by atoms with Gasteiger partial charge in [-0.1, -0.05) is 57.1 Å². The lowest BCUT2D eigenvalue weighted by Gasteiger charge is -2.08. The number of aromatic nitrogens is 4. The first-order valence-corrected chi connectivity index (χ1v) is 18.4. The van der Waals surface area contributed by atoms with Gasteiger partial charge in [0.05, 0.1) is 22.2 Å². The quantitative estimate of drug-likeness (QED) is 0.149. The summed E-state index contributed by atoms with van der Waals surface area (Å²) in [6.45, 7) is 12.4. The van der Waals surface area contributed by atoms with E-state index in [0.717, 1.165) is 79.0 Å². The summed E-state index contributed by atoms with van der Waals surface area (Å²) < 4.78 is 14.8. The van der Waals surface area contributed by atoms with Crippen LogP contribution in [0.5, 0.6) is 0 Å². The van der Waals surface area contributed by atoms with Crippen molar-refractivity contribution >= 4 is 79.6 Å². The number of aryl methyl sites for hydroxylation is 1. The molecular formula is C37H36B2N4O4S2. The molecular weight excluding hydrogens is 650 g/mol. The summed E-state index contributed by atoms with van der Waals surface area (Å²) in [5.74, 6) is 1.50. The van der Waals surface area contributed by atoms with Crippen LogP contribution in [0.4, 0.5) is 0 Å². The molecule has 0 bridgehead atoms. The molecule has 12 heteroatoms. The Hall–Kier alpha value is -4.67. The predicted octanol–water partition coefficient (Wildman–Crippen LogP) is 8.49. The summed E-state index contributed by atoms with van der Waals surface area (Å²) >= 11 is 3.10. The third kappa shape index (κ3) is 6.93. The number of benzene rings is 2. The number of hydrogen-bond acceptors (Lipinski definition) is 8. The number of rotatable bonds is 8. The number of hydrogen-bond donors (Lipinski definition) is 0. The van der Waals surface area contributed by atoms with Crippen LogP contribution in [0.2, 0.25) is 27.3 Å². The Morgan fingerprint density at radius 1 is 0.633 bits per heavy atom. The molecule has 0 atom stereocenters. The van der Waals surface area contributed by atoms with Crippen molar-refractivity contribution in [3.8, 4) is 0 Å². The Kier molecular flexibility index (Phi) is 9.17. The van der Waals surface area contributed by atoms with Gasteiger partial charge in [-0.05, 0) is 49.9 Å². The second-order valence-electron chi connectivity index (χ2n) is 13.4. The predicted molar refractivity (Wildman–Crippen MR) is 206 cm³/mol. The number of fused-ring (bicyclic) bond motifs is 4. The average molecular weight is 686 g/mol. The molecule has 0 N–H and O–H groups in total. The number of thiophene rings is 2. The minimum atomic E-state index is -0.0563. The van der Waals surface area contributed by atoms with Crippen LogP contribution in [0.3, 0.4) is 0 Å². The summed E-state index contributed by atoms with van der Waals surface area (Å²) in [4.78, 5) is 25.5. The van der Waals surface area contributed by atoms with Crippen molar-refractivity contribution < 1.29 is 8.83 Å². The van der Waals surface area contributed by atoms with Gasteiger partial charge < -0.3 is 8.83 Å². The molecule has 0 aliphatic heterocycles. The molecule has 8 aromatic rings. The van der Waals surface area contributed by atoms with Crippen LogP contribution in [0.1, 0.15) is 28.5 Å². The molecule has 0 aliphatic carbocycles. The minimum absolute atomic E-state index is 0.0552. The van der Waals surface area contributed by atoms with Crippen molar-refractivity contribution in [1.82, 2.24) is 19.6 Å². The molecule has 0 aliphatic rings. The summed E-state index contributed by atoms with van der Waals surface area (Å²) in [7, 11) is 0. The molecule has 6 heterocycles. The Balaban J connectivity index is 0.000000154. The topological polar surface area (TPSA) is 96.1 Å². The fourth-order valence-corrected chi connectivity index (χ4v) is 7.80. The number of nitrogens with zero attached hydrogens (tertiary/aromatic N) is 4. The summed E-state index contributed by atoms with van der Waals surface area (Å²) in [5, 5.41) is 22.7. The smallest absolute Gasteiger partial charge is 0.275 e. The van der Waals surface area contributed by atoms with Crippen LogP contribution in [0.15, 0.2) is 94.5 Å². The second kappa shape index (κ2) is 13.7. The molecule has 0 spiro atoms. The normalized spacial score (nSPS) is 11.4. The summed E-state index contributed by atoms with van der Waals surface area (Å²) in [6, 6.07) is 17.9. The lowest BCUT2D eigenvalue weighted by molar-refractivity contribution is 0.498. The van der Waals surface area contributed by atoms with Crippen molar-refractivity contribution in [3.05, 3.63) is 125 Å². The van der Waals surface area contributed by atoms with Crippen molar-refractivity contribution in [1.29, 1.82) is 0 Å². The van der Waals surface area contributed by atoms with Crippen LogP contribution in [0.25, 0.3) is 43.5 Å². The lowest BCUT2D eigenvalue weighted by Crippen LogP contribution is -2.25. The highest BCUT2D eigenvalue weighted by Gasteiger charge is 2.17. The van der Waals surface area contributed by atoms with E-state index < -0.39 is 0 Å². The van der Waals surface area contributed by atoms with Crippen LogP contribution >= 0.6 is 22.7 Å². The first-order valence-electron chi connectivity index (χ1n) is 16.5. The maximum atomic E-state index is 12.8. The molecule has 0 amide bonds. The van der Waals surface area contributed by atoms with Crippen LogP contribution in [-0.4, -0.2) is 33.0 Å². The highest BCUT2D eigenvalue weighted by atomic mass is 32.1. The van der Waals surface area contributed by atoms with Gasteiger partial charge in [0.25, 0.3) is 11.1 Å². The molecule has 2 aromatic carbocycles. The van der Waals surface area contributed by atoms with Gasteiger partial charge in [0.2, 0.25) is 0 Å². The van der Waals surface area contributed by atoms with E-state index in [1.807, 2.05) is 70.1 Å². The van der Waals surface area contributed by atoms with E-state index in [0.29, 0.717) is 26.5 Å². The monoisotopic (exact) mass is 686 g/mol. The van der Waals surface area contributed by atoms with E-state index in [2.05, 4.69) is 50.5 Å². The molecule has 8 nitrogen and oxygen atoms in total. The zero-order chi connectivity index (χ0) is 34.2. The SMILES string of the molecule is CB(C)Cc1nn(Cc2cc3cc(C)ccc3o2)c(=O)c2cscc12.CB(C)Cc1nn(Cc2cc3ccccc3o2)c(=O)c2cscc12. The van der Waals surface area contributed by atoms with Gasteiger partial charge in [-0.3, -0.25) is 9.59 Å². The molecule has 6 aromatic heterocycles. The lowest BCUT2D eigenvalue weighted by atomic mass is 9.51. The molecule has 49 heavy (non-hydrogen) atoms. The van der Waals surface area contributed by atoms with Crippen molar-refractivity contribution in [3.63, 3.8) is 0 Å². The maximum Gasteiger partial charge on any atom is 0.275 e. The van der Waals surface area contributed by atoms with Gasteiger partial charge in [0.15, 0.2) is 0 Å². The number of furan rings is 2. The van der Waals surface area contributed by atoms with E-state index in [1.54, 1.807) is 22.7 Å². The van der Waals surface area contributed by atoms with E-state index in [9.17, 15) is 9.59 Å². The molecule has 0 saturated carbocycles. The van der Waals surface area contributed by atoms with Crippen molar-refractivity contribution in [2.45, 2.75) is 59.9 Å². The Labute approximate surface area is 292 Å². The minimum Gasteiger partial charge on any atom is -0.459 e. The van der Waals surface area contributed by atoms with Gasteiger partial charge in [-0.15, -0.1) is 0 Å². The molecule has 8 rings (SSSR count). The van der Waals surface area contributed by atoms with Gasteiger partial charge in [0, 0.05) is 43.1 Å². The van der Waals surface area contributed by atoms with E-state index in [4.69, 9.17) is 8.83 Å². The largest absolute Gasteiger partial charge is 0.459 e. The molecule has 0 saturated heterocycles. The van der Waals surface area contributed by atoms with Crippen molar-refractivity contribution in [2.75, 3.05) is 0 Å². The first-order chi connectivity index (χ1) is 23.6. The molecule has 0 fully saturated rings. The van der Waals surface area contributed by atoms with Crippen molar-refractivity contribution in [2.24, 2.45) is 0 Å². The van der Waals surface area contributed by atoms with Gasteiger partial charge in [-0.2, -0.15) is 32.9 Å². The second-order valence-corrected chi connectivity index (χ2v) is 14.9. The fraction of sp³-hybridized carbons (Fsp3) is 0.243. The molecule has 246 valence electrons. The van der Waals surface area contributed by atoms with E-state index >= 15 is 0 Å². The molecule has 0 unspecified atom stereocenters. The zero-order valence-electron chi connectivity index (χ0n) is 28.2. The highest BCUT2D eigenvalue weighted by Crippen LogP contribution is 2.24. The van der Waals surface area contributed by atoms with E-state index in [1.165, 1.54) is 14.9 Å². The highest BCUT2D eigenvalue weighted by molar-refractivity contribution is 7.09. The third-order valence-electron chi connectivity index (χ3n) is 8.37. The van der Waals surface area contributed by atoms with Crippen LogP contribution in [-0.2, 0) is 25.7 Å². The summed E-state index contributed by atoms with van der Waals surface area (Å²) in [6.07, 6.45) is 1.71. The van der Waals surface area contributed by atoms with Crippen LogP contribution in [0, 0.1) is 6.92 Å². The maximum absolute atomic E-state index is 12.8. The van der Waals surface area contributed by atoms with E-state index in [-0.39, 0.29) is 11.1 Å². The summed E-state index contributed by atoms with van der Waals surface area (Å²) in [5.41, 5.74) is 4.72. The fourth-order valence-electron chi connectivity index (χ4n) is 6.14. The Morgan fingerprint density at radius 2 is 1.12 bits per heavy atom. The average Bonchev–Trinajstić information content (AvgIpc) is 3.87. The third-order valence-corrected chi connectivity index (χ3v) is 9.86. The zero-order valence-corrected chi connectivity index (χ0v) is 29.9. The van der Waals surface area contributed by atoms with Gasteiger partial charge in [-0.25, -0.2) is 9.36 Å². The van der Waals surface area contributed by atoms with Gasteiger partial charge >= 0.3 is 0 Å². The van der Waals surface area contributed by atoms with Gasteiger partial charge in [0.1, 0.15) is 49.2 Å². The Bertz CT molecular complexity index is 2520.